The number of Topliss-reactive ketones (excluding diaryl/α,β-unsaturated/α-hetero) is 2. The maximum atomic E-state index is 11.1. The van der Waals surface area contributed by atoms with Crippen molar-refractivity contribution >= 4 is 27.5 Å². The van der Waals surface area contributed by atoms with Gasteiger partial charge in [-0.05, 0) is 0 Å². The van der Waals surface area contributed by atoms with Crippen molar-refractivity contribution in [3.8, 4) is 0 Å². The molecular formula is C8H13BrO7. The first-order valence-electron chi connectivity index (χ1n) is 4.33. The monoisotopic (exact) mass is 300 g/mol. The van der Waals surface area contributed by atoms with E-state index in [1.807, 2.05) is 0 Å². The summed E-state index contributed by atoms with van der Waals surface area (Å²) < 4.78 is 0. The summed E-state index contributed by atoms with van der Waals surface area (Å²) in [4.78, 5) is 21.9. The van der Waals surface area contributed by atoms with Crippen LogP contribution in [0.4, 0.5) is 0 Å². The molecule has 0 aliphatic rings. The number of hydrogen-bond acceptors (Lipinski definition) is 7. The normalized spacial score (nSPS) is 18.6. The van der Waals surface area contributed by atoms with E-state index in [1.54, 1.807) is 0 Å². The average molecular weight is 301 g/mol. The molecule has 94 valence electrons. The lowest BCUT2D eigenvalue weighted by atomic mass is 9.99. The quantitative estimate of drug-likeness (QED) is 0.249. The van der Waals surface area contributed by atoms with Crippen molar-refractivity contribution in [2.45, 2.75) is 24.4 Å². The molecule has 0 bridgehead atoms. The van der Waals surface area contributed by atoms with Crippen LogP contribution in [0.15, 0.2) is 0 Å². The third-order valence-electron chi connectivity index (χ3n) is 1.92. The Kier molecular flexibility index (Phi) is 6.88. The van der Waals surface area contributed by atoms with E-state index in [4.69, 9.17) is 15.3 Å². The van der Waals surface area contributed by atoms with Gasteiger partial charge in [0.25, 0.3) is 0 Å². The number of halogens is 1. The highest BCUT2D eigenvalue weighted by Crippen LogP contribution is 2.07. The van der Waals surface area contributed by atoms with Gasteiger partial charge in [-0.15, -0.1) is 0 Å². The number of rotatable bonds is 7. The third kappa shape index (κ3) is 3.89. The largest absolute Gasteiger partial charge is 0.394 e. The van der Waals surface area contributed by atoms with Gasteiger partial charge in [-0.1, -0.05) is 15.9 Å². The van der Waals surface area contributed by atoms with Gasteiger partial charge >= 0.3 is 0 Å². The van der Waals surface area contributed by atoms with Gasteiger partial charge in [-0.25, -0.2) is 0 Å². The summed E-state index contributed by atoms with van der Waals surface area (Å²) in [5.74, 6) is -2.26. The van der Waals surface area contributed by atoms with Crippen molar-refractivity contribution in [1.29, 1.82) is 0 Å². The molecule has 7 nitrogen and oxygen atoms in total. The SMILES string of the molecule is O=C(CBr)C(=O)[C@H](O)[C@@H](O)[C@H](O)[C@H](O)CO. The van der Waals surface area contributed by atoms with E-state index in [-0.39, 0.29) is 5.33 Å². The predicted octanol–water partition coefficient (Wildman–Crippen LogP) is -3.04. The number of ketones is 2. The minimum atomic E-state index is -2.14. The second kappa shape index (κ2) is 7.05. The van der Waals surface area contributed by atoms with Crippen molar-refractivity contribution < 1.29 is 35.1 Å². The van der Waals surface area contributed by atoms with E-state index in [2.05, 4.69) is 15.9 Å². The fourth-order valence-corrected chi connectivity index (χ4v) is 1.18. The Hall–Kier alpha value is -0.380. The molecule has 0 aliphatic carbocycles. The van der Waals surface area contributed by atoms with E-state index in [1.165, 1.54) is 0 Å². The van der Waals surface area contributed by atoms with Gasteiger partial charge in [0.15, 0.2) is 0 Å². The molecule has 0 aromatic rings. The molecule has 16 heavy (non-hydrogen) atoms. The molecule has 0 saturated heterocycles. The zero-order valence-corrected chi connectivity index (χ0v) is 9.74. The summed E-state index contributed by atoms with van der Waals surface area (Å²) in [5.41, 5.74) is 0. The predicted molar refractivity (Wildman–Crippen MR) is 54.9 cm³/mol. The standard InChI is InChI=1S/C8H13BrO7/c9-1-3(11)5(13)7(15)8(16)6(14)4(12)2-10/h4,6-8,10,12,14-16H,1-2H2/t4-,6-,7+,8+/m1/s1. The van der Waals surface area contributed by atoms with Crippen LogP contribution in [0.3, 0.4) is 0 Å². The van der Waals surface area contributed by atoms with Gasteiger partial charge in [-0.3, -0.25) is 9.59 Å². The minimum Gasteiger partial charge on any atom is -0.394 e. The van der Waals surface area contributed by atoms with Crippen LogP contribution in [0, 0.1) is 0 Å². The lowest BCUT2D eigenvalue weighted by Gasteiger charge is -2.24. The molecule has 0 fully saturated rings. The van der Waals surface area contributed by atoms with Crippen LogP contribution >= 0.6 is 15.9 Å². The lowest BCUT2D eigenvalue weighted by Crippen LogP contribution is -2.50. The molecule has 4 atom stereocenters. The highest BCUT2D eigenvalue weighted by molar-refractivity contribution is 9.09. The zero-order valence-electron chi connectivity index (χ0n) is 8.15. The van der Waals surface area contributed by atoms with Crippen LogP contribution in [-0.4, -0.2) is 73.5 Å². The third-order valence-corrected chi connectivity index (χ3v) is 2.43. The Morgan fingerprint density at radius 2 is 1.56 bits per heavy atom. The molecule has 0 rings (SSSR count). The van der Waals surface area contributed by atoms with Gasteiger partial charge in [0.1, 0.15) is 24.4 Å². The summed E-state index contributed by atoms with van der Waals surface area (Å²) in [6, 6.07) is 0. The molecular weight excluding hydrogens is 288 g/mol. The second-order valence-corrected chi connectivity index (χ2v) is 3.66. The average Bonchev–Trinajstić information content (AvgIpc) is 2.32. The molecule has 0 saturated carbocycles. The summed E-state index contributed by atoms with van der Waals surface area (Å²) in [5, 5.41) is 44.7. The fourth-order valence-electron chi connectivity index (χ4n) is 0.908. The molecule has 0 unspecified atom stereocenters. The topological polar surface area (TPSA) is 135 Å². The van der Waals surface area contributed by atoms with Crippen LogP contribution in [0.1, 0.15) is 0 Å². The van der Waals surface area contributed by atoms with Gasteiger partial charge in [-0.2, -0.15) is 0 Å². The van der Waals surface area contributed by atoms with Crippen molar-refractivity contribution in [3.63, 3.8) is 0 Å². The molecule has 0 aliphatic heterocycles. The first-order chi connectivity index (χ1) is 7.36. The molecule has 0 aromatic heterocycles. The zero-order chi connectivity index (χ0) is 12.9. The Balaban J connectivity index is 4.54. The minimum absolute atomic E-state index is 0.325. The molecule has 0 radical (unpaired) electrons. The van der Waals surface area contributed by atoms with E-state index in [0.717, 1.165) is 0 Å². The van der Waals surface area contributed by atoms with E-state index < -0.39 is 42.6 Å². The highest BCUT2D eigenvalue weighted by Gasteiger charge is 2.36. The summed E-state index contributed by atoms with van der Waals surface area (Å²) in [6.07, 6.45) is -7.82. The van der Waals surface area contributed by atoms with Gasteiger partial charge in [0, 0.05) is 0 Å². The molecule has 8 heteroatoms. The number of aliphatic hydroxyl groups excluding tert-OH is 5. The number of aliphatic hydroxyl groups is 5. The summed E-state index contributed by atoms with van der Waals surface area (Å²) in [6.45, 7) is -0.856. The molecule has 5 N–H and O–H groups in total. The van der Waals surface area contributed by atoms with Gasteiger partial charge in [0.2, 0.25) is 11.6 Å². The Labute approximate surface area is 99.5 Å². The van der Waals surface area contributed by atoms with Crippen molar-refractivity contribution in [2.75, 3.05) is 11.9 Å². The van der Waals surface area contributed by atoms with Gasteiger partial charge in [0.05, 0.1) is 11.9 Å². The second-order valence-electron chi connectivity index (χ2n) is 3.10. The van der Waals surface area contributed by atoms with Gasteiger partial charge < -0.3 is 25.5 Å². The van der Waals surface area contributed by atoms with Crippen LogP contribution < -0.4 is 0 Å². The Morgan fingerprint density at radius 3 is 1.94 bits per heavy atom. The maximum absolute atomic E-state index is 11.1. The first kappa shape index (κ1) is 15.6. The lowest BCUT2D eigenvalue weighted by molar-refractivity contribution is -0.153. The van der Waals surface area contributed by atoms with E-state index in [0.29, 0.717) is 0 Å². The maximum Gasteiger partial charge on any atom is 0.230 e. The molecule has 0 heterocycles. The molecule has 0 spiro atoms. The van der Waals surface area contributed by atoms with Crippen LogP contribution in [0.25, 0.3) is 0 Å². The highest BCUT2D eigenvalue weighted by atomic mass is 79.9. The summed E-state index contributed by atoms with van der Waals surface area (Å²) in [7, 11) is 0. The van der Waals surface area contributed by atoms with Crippen LogP contribution in [0.5, 0.6) is 0 Å². The smallest absolute Gasteiger partial charge is 0.230 e. The van der Waals surface area contributed by atoms with Crippen LogP contribution in [-0.2, 0) is 9.59 Å². The molecule has 0 aromatic carbocycles. The summed E-state index contributed by atoms with van der Waals surface area (Å²) >= 11 is 2.70. The Bertz CT molecular complexity index is 257. The van der Waals surface area contributed by atoms with Crippen molar-refractivity contribution in [2.24, 2.45) is 0 Å². The van der Waals surface area contributed by atoms with Crippen molar-refractivity contribution in [3.05, 3.63) is 0 Å². The van der Waals surface area contributed by atoms with Crippen molar-refractivity contribution in [1.82, 2.24) is 0 Å². The fraction of sp³-hybridized carbons (Fsp3) is 0.750. The number of carbonyl (C=O) groups is 2. The number of alkyl halides is 1. The first-order valence-corrected chi connectivity index (χ1v) is 5.45. The number of hydrogen-bond donors (Lipinski definition) is 5. The van der Waals surface area contributed by atoms with E-state index in [9.17, 15) is 19.8 Å². The van der Waals surface area contributed by atoms with E-state index >= 15 is 0 Å². The Morgan fingerprint density at radius 1 is 1.06 bits per heavy atom. The number of carbonyl (C=O) groups excluding carboxylic acids is 2. The molecule has 0 amide bonds. The van der Waals surface area contributed by atoms with Crippen LogP contribution in [0.2, 0.25) is 0 Å².